The molecule has 1 aromatic carbocycles. The molecule has 0 saturated heterocycles. The van der Waals surface area contributed by atoms with Crippen LogP contribution in [0.2, 0.25) is 15.1 Å². The van der Waals surface area contributed by atoms with Crippen LogP contribution < -0.4 is 10.2 Å². The molecular weight excluding hydrogens is 347 g/mol. The maximum atomic E-state index is 11.8. The first kappa shape index (κ1) is 17.4. The Bertz CT molecular complexity index is 590. The maximum Gasteiger partial charge on any atom is 0.277 e. The molecule has 1 atom stereocenters. The highest BCUT2D eigenvalue weighted by atomic mass is 35.5. The van der Waals surface area contributed by atoms with Gasteiger partial charge in [0.1, 0.15) is 5.75 Å². The number of ether oxygens (including phenoxy) is 1. The molecule has 1 aliphatic carbocycles. The van der Waals surface area contributed by atoms with Crippen LogP contribution in [0.1, 0.15) is 32.6 Å². The van der Waals surface area contributed by atoms with E-state index < -0.39 is 0 Å². The van der Waals surface area contributed by atoms with Gasteiger partial charge in [0.2, 0.25) is 0 Å². The molecular formula is C15H17Cl3N2O2. The summed E-state index contributed by atoms with van der Waals surface area (Å²) in [7, 11) is 0. The van der Waals surface area contributed by atoms with E-state index in [0.29, 0.717) is 26.7 Å². The molecule has 22 heavy (non-hydrogen) atoms. The Labute approximate surface area is 144 Å². The van der Waals surface area contributed by atoms with Gasteiger partial charge in [0.15, 0.2) is 6.61 Å². The predicted octanol–water partition coefficient (Wildman–Crippen LogP) is 4.71. The lowest BCUT2D eigenvalue weighted by Gasteiger charge is -2.19. The highest BCUT2D eigenvalue weighted by Gasteiger charge is 2.16. The van der Waals surface area contributed by atoms with Crippen molar-refractivity contribution in [2.45, 2.75) is 32.6 Å². The van der Waals surface area contributed by atoms with Gasteiger partial charge >= 0.3 is 0 Å². The van der Waals surface area contributed by atoms with E-state index in [9.17, 15) is 4.79 Å². The van der Waals surface area contributed by atoms with Crippen LogP contribution in [0.4, 0.5) is 0 Å². The van der Waals surface area contributed by atoms with Crippen molar-refractivity contribution in [1.82, 2.24) is 5.43 Å². The van der Waals surface area contributed by atoms with Crippen LogP contribution in [0, 0.1) is 5.92 Å². The van der Waals surface area contributed by atoms with E-state index in [-0.39, 0.29) is 12.5 Å². The summed E-state index contributed by atoms with van der Waals surface area (Å²) in [6.45, 7) is 1.93. The molecule has 1 fully saturated rings. The van der Waals surface area contributed by atoms with E-state index in [1.54, 1.807) is 0 Å². The lowest BCUT2D eigenvalue weighted by atomic mass is 9.89. The van der Waals surface area contributed by atoms with Crippen LogP contribution in [0.3, 0.4) is 0 Å². The van der Waals surface area contributed by atoms with E-state index in [2.05, 4.69) is 17.5 Å². The van der Waals surface area contributed by atoms with Gasteiger partial charge in [-0.1, -0.05) is 48.1 Å². The summed E-state index contributed by atoms with van der Waals surface area (Å²) >= 11 is 17.7. The van der Waals surface area contributed by atoms with Crippen molar-refractivity contribution in [3.8, 4) is 5.75 Å². The molecule has 0 radical (unpaired) electrons. The van der Waals surface area contributed by atoms with Crippen LogP contribution in [-0.4, -0.2) is 18.2 Å². The third-order valence-corrected chi connectivity index (χ3v) is 4.56. The largest absolute Gasteiger partial charge is 0.482 e. The number of hydrogen-bond donors (Lipinski definition) is 1. The second-order valence-corrected chi connectivity index (χ2v) is 6.49. The number of carbonyl (C=O) groups is 1. The molecule has 1 N–H and O–H groups in total. The van der Waals surface area contributed by atoms with Crippen LogP contribution >= 0.6 is 34.8 Å². The van der Waals surface area contributed by atoms with Crippen molar-refractivity contribution >= 4 is 46.4 Å². The number of rotatable bonds is 4. The van der Waals surface area contributed by atoms with Crippen molar-refractivity contribution in [3.05, 3.63) is 27.2 Å². The number of carbonyl (C=O) groups excluding carboxylic acids is 1. The molecule has 4 nitrogen and oxygen atoms in total. The smallest absolute Gasteiger partial charge is 0.277 e. The maximum absolute atomic E-state index is 11.8. The lowest BCUT2D eigenvalue weighted by Crippen LogP contribution is -2.28. The van der Waals surface area contributed by atoms with Gasteiger partial charge in [-0.05, 0) is 31.2 Å². The van der Waals surface area contributed by atoms with Gasteiger partial charge in [0, 0.05) is 11.8 Å². The zero-order chi connectivity index (χ0) is 16.1. The predicted molar refractivity (Wildman–Crippen MR) is 90.2 cm³/mol. The Kier molecular flexibility index (Phi) is 6.36. The first-order chi connectivity index (χ1) is 10.5. The van der Waals surface area contributed by atoms with Crippen LogP contribution in [0.25, 0.3) is 0 Å². The number of hydrogen-bond acceptors (Lipinski definition) is 3. The zero-order valence-electron chi connectivity index (χ0n) is 12.2. The Morgan fingerprint density at radius 2 is 2.00 bits per heavy atom. The third kappa shape index (κ3) is 4.77. The molecule has 2 rings (SSSR count). The van der Waals surface area contributed by atoms with E-state index >= 15 is 0 Å². The van der Waals surface area contributed by atoms with Gasteiger partial charge in [-0.15, -0.1) is 0 Å². The molecule has 1 aliphatic rings. The van der Waals surface area contributed by atoms with E-state index in [1.165, 1.54) is 18.6 Å². The molecule has 0 heterocycles. The molecule has 0 spiro atoms. The molecule has 1 aromatic rings. The zero-order valence-corrected chi connectivity index (χ0v) is 14.4. The van der Waals surface area contributed by atoms with Gasteiger partial charge in [0.05, 0.1) is 15.1 Å². The number of amides is 1. The van der Waals surface area contributed by atoms with Crippen LogP contribution in [-0.2, 0) is 4.79 Å². The van der Waals surface area contributed by atoms with Crippen molar-refractivity contribution in [2.24, 2.45) is 11.0 Å². The number of nitrogens with one attached hydrogen (secondary N) is 1. The Hall–Kier alpha value is -0.970. The average molecular weight is 364 g/mol. The van der Waals surface area contributed by atoms with Gasteiger partial charge in [-0.3, -0.25) is 4.79 Å². The molecule has 0 aromatic heterocycles. The third-order valence-electron chi connectivity index (χ3n) is 3.55. The molecule has 120 valence electrons. The molecule has 0 aliphatic heterocycles. The summed E-state index contributed by atoms with van der Waals surface area (Å²) in [4.78, 5) is 11.8. The van der Waals surface area contributed by atoms with Gasteiger partial charge in [-0.2, -0.15) is 5.10 Å². The summed E-state index contributed by atoms with van der Waals surface area (Å²) in [5, 5.41) is 5.14. The minimum absolute atomic E-state index is 0.192. The monoisotopic (exact) mass is 362 g/mol. The SMILES string of the molecule is C[C@H]1CCCCC1=NNC(=O)COc1cc(Cl)c(Cl)cc1Cl. The Morgan fingerprint density at radius 1 is 1.27 bits per heavy atom. The summed E-state index contributed by atoms with van der Waals surface area (Å²) < 4.78 is 5.34. The summed E-state index contributed by atoms with van der Waals surface area (Å²) in [6, 6.07) is 2.96. The van der Waals surface area contributed by atoms with Crippen molar-refractivity contribution in [2.75, 3.05) is 6.61 Å². The molecule has 1 amide bonds. The minimum Gasteiger partial charge on any atom is -0.482 e. The Balaban J connectivity index is 1.88. The summed E-state index contributed by atoms with van der Waals surface area (Å²) in [5.74, 6) is 0.386. The van der Waals surface area contributed by atoms with Gasteiger partial charge < -0.3 is 4.74 Å². The van der Waals surface area contributed by atoms with Gasteiger partial charge in [0.25, 0.3) is 5.91 Å². The van der Waals surface area contributed by atoms with Crippen LogP contribution in [0.5, 0.6) is 5.75 Å². The first-order valence-corrected chi connectivity index (χ1v) is 8.23. The lowest BCUT2D eigenvalue weighted by molar-refractivity contribution is -0.123. The van der Waals surface area contributed by atoms with E-state index in [0.717, 1.165) is 25.0 Å². The number of nitrogens with zero attached hydrogens (tertiary/aromatic N) is 1. The quantitative estimate of drug-likeness (QED) is 0.622. The first-order valence-electron chi connectivity index (χ1n) is 7.10. The Morgan fingerprint density at radius 3 is 2.73 bits per heavy atom. The molecule has 0 unspecified atom stereocenters. The second-order valence-electron chi connectivity index (χ2n) is 5.27. The standard InChI is InChI=1S/C15H17Cl3N2O2/c1-9-4-2-3-5-13(9)19-20-15(21)8-22-14-7-11(17)10(16)6-12(14)18/h6-7,9H,2-5,8H2,1H3,(H,20,21)/t9-/m0/s1. The number of benzene rings is 1. The highest BCUT2D eigenvalue weighted by Crippen LogP contribution is 2.33. The second kappa shape index (κ2) is 8.04. The van der Waals surface area contributed by atoms with Crippen molar-refractivity contribution in [1.29, 1.82) is 0 Å². The van der Waals surface area contributed by atoms with Crippen molar-refractivity contribution < 1.29 is 9.53 Å². The van der Waals surface area contributed by atoms with Crippen LogP contribution in [0.15, 0.2) is 17.2 Å². The average Bonchev–Trinajstić information content (AvgIpc) is 2.49. The fourth-order valence-electron chi connectivity index (χ4n) is 2.26. The number of halogens is 3. The minimum atomic E-state index is -0.340. The normalized spacial score (nSPS) is 20.0. The van der Waals surface area contributed by atoms with E-state index in [4.69, 9.17) is 39.5 Å². The summed E-state index contributed by atoms with van der Waals surface area (Å²) in [5.41, 5.74) is 3.55. The fraction of sp³-hybridized carbons (Fsp3) is 0.467. The number of hydrazone groups is 1. The highest BCUT2D eigenvalue weighted by molar-refractivity contribution is 6.43. The van der Waals surface area contributed by atoms with Crippen molar-refractivity contribution in [3.63, 3.8) is 0 Å². The molecule has 1 saturated carbocycles. The fourth-order valence-corrected chi connectivity index (χ4v) is 2.85. The van der Waals surface area contributed by atoms with Gasteiger partial charge in [-0.25, -0.2) is 5.43 Å². The molecule has 7 heteroatoms. The molecule has 0 bridgehead atoms. The van der Waals surface area contributed by atoms with E-state index in [1.807, 2.05) is 0 Å². The topological polar surface area (TPSA) is 50.7 Å². The summed E-state index contributed by atoms with van der Waals surface area (Å²) in [6.07, 6.45) is 4.38.